The lowest BCUT2D eigenvalue weighted by Gasteiger charge is -2.21. The van der Waals surface area contributed by atoms with E-state index in [1.807, 2.05) is 37.3 Å². The Morgan fingerprint density at radius 2 is 1.90 bits per heavy atom. The predicted molar refractivity (Wildman–Crippen MR) is 78.4 cm³/mol. The zero-order valence-corrected chi connectivity index (χ0v) is 12.2. The van der Waals surface area contributed by atoms with Gasteiger partial charge < -0.3 is 4.74 Å². The fraction of sp³-hybridized carbons (Fsp3) is 0.438. The zero-order chi connectivity index (χ0) is 14.7. The van der Waals surface area contributed by atoms with Crippen LogP contribution in [-0.4, -0.2) is 27.1 Å². The van der Waals surface area contributed by atoms with Crippen molar-refractivity contribution in [2.45, 2.75) is 45.1 Å². The van der Waals surface area contributed by atoms with Crippen molar-refractivity contribution in [3.63, 3.8) is 0 Å². The highest BCUT2D eigenvalue weighted by molar-refractivity contribution is 5.88. The summed E-state index contributed by atoms with van der Waals surface area (Å²) >= 11 is 0. The van der Waals surface area contributed by atoms with Gasteiger partial charge in [0.1, 0.15) is 6.10 Å². The molecule has 1 aromatic heterocycles. The van der Waals surface area contributed by atoms with Crippen molar-refractivity contribution in [2.75, 3.05) is 0 Å². The van der Waals surface area contributed by atoms with E-state index < -0.39 is 0 Å². The lowest BCUT2D eigenvalue weighted by atomic mass is 9.98. The van der Waals surface area contributed by atoms with E-state index in [9.17, 15) is 4.79 Å². The lowest BCUT2D eigenvalue weighted by molar-refractivity contribution is 0.0203. The largest absolute Gasteiger partial charge is 0.458 e. The molecule has 0 N–H and O–H groups in total. The fourth-order valence-corrected chi connectivity index (χ4v) is 2.72. The molecule has 0 saturated heterocycles. The van der Waals surface area contributed by atoms with Crippen LogP contribution in [0.25, 0.3) is 5.69 Å². The Kier molecular flexibility index (Phi) is 3.99. The van der Waals surface area contributed by atoms with Crippen molar-refractivity contribution in [1.82, 2.24) is 15.0 Å². The van der Waals surface area contributed by atoms with Gasteiger partial charge in [0.05, 0.1) is 11.4 Å². The van der Waals surface area contributed by atoms with Gasteiger partial charge in [-0.05, 0) is 44.7 Å². The molecule has 2 aromatic rings. The molecule has 0 bridgehead atoms. The Hall–Kier alpha value is -2.17. The minimum absolute atomic E-state index is 0.0347. The number of carbonyl (C=O) groups excluding carboxylic acids is 1. The van der Waals surface area contributed by atoms with Crippen LogP contribution in [-0.2, 0) is 4.74 Å². The van der Waals surface area contributed by atoms with E-state index in [0.29, 0.717) is 11.4 Å². The number of para-hydroxylation sites is 1. The van der Waals surface area contributed by atoms with Crippen molar-refractivity contribution in [3.05, 3.63) is 41.7 Å². The smallest absolute Gasteiger partial charge is 0.361 e. The molecule has 1 aliphatic rings. The molecule has 0 unspecified atom stereocenters. The predicted octanol–water partition coefficient (Wildman–Crippen LogP) is 3.07. The highest BCUT2D eigenvalue weighted by Gasteiger charge is 2.23. The first-order valence-corrected chi connectivity index (χ1v) is 7.44. The first-order valence-electron chi connectivity index (χ1n) is 7.44. The van der Waals surface area contributed by atoms with Crippen molar-refractivity contribution >= 4 is 5.97 Å². The van der Waals surface area contributed by atoms with E-state index in [4.69, 9.17) is 4.74 Å². The number of esters is 1. The van der Waals surface area contributed by atoms with E-state index in [-0.39, 0.29) is 12.1 Å². The number of benzene rings is 1. The molecule has 0 aliphatic heterocycles. The molecule has 0 atom stereocenters. The second-order valence-electron chi connectivity index (χ2n) is 5.44. The lowest BCUT2D eigenvalue weighted by Crippen LogP contribution is -2.21. The van der Waals surface area contributed by atoms with Crippen LogP contribution in [0.1, 0.15) is 48.3 Å². The number of carbonyl (C=O) groups is 1. The van der Waals surface area contributed by atoms with Gasteiger partial charge in [-0.1, -0.05) is 29.8 Å². The third-order valence-corrected chi connectivity index (χ3v) is 3.91. The molecular weight excluding hydrogens is 266 g/mol. The van der Waals surface area contributed by atoms with E-state index in [0.717, 1.165) is 31.4 Å². The number of aromatic nitrogens is 3. The van der Waals surface area contributed by atoms with Crippen LogP contribution in [0.15, 0.2) is 30.3 Å². The summed E-state index contributed by atoms with van der Waals surface area (Å²) in [6.45, 7) is 1.84. The van der Waals surface area contributed by atoms with Crippen LogP contribution in [0.2, 0.25) is 0 Å². The summed E-state index contributed by atoms with van der Waals surface area (Å²) in [7, 11) is 0. The number of hydrogen-bond donors (Lipinski definition) is 0. The summed E-state index contributed by atoms with van der Waals surface area (Å²) in [5, 5.41) is 8.06. The molecule has 5 heteroatoms. The van der Waals surface area contributed by atoms with Crippen LogP contribution < -0.4 is 0 Å². The third kappa shape index (κ3) is 2.96. The summed E-state index contributed by atoms with van der Waals surface area (Å²) in [5.41, 5.74) is 1.91. The van der Waals surface area contributed by atoms with Crippen molar-refractivity contribution in [2.24, 2.45) is 0 Å². The average molecular weight is 285 g/mol. The highest BCUT2D eigenvalue weighted by atomic mass is 16.5. The van der Waals surface area contributed by atoms with Gasteiger partial charge in [-0.3, -0.25) is 0 Å². The second-order valence-corrected chi connectivity index (χ2v) is 5.44. The molecule has 1 saturated carbocycles. The van der Waals surface area contributed by atoms with Crippen molar-refractivity contribution in [1.29, 1.82) is 0 Å². The van der Waals surface area contributed by atoms with E-state index >= 15 is 0 Å². The summed E-state index contributed by atoms with van der Waals surface area (Å²) in [4.78, 5) is 12.2. The molecular formula is C16H19N3O2. The summed E-state index contributed by atoms with van der Waals surface area (Å²) in [6, 6.07) is 9.65. The minimum Gasteiger partial charge on any atom is -0.458 e. The van der Waals surface area contributed by atoms with Crippen LogP contribution in [0.4, 0.5) is 0 Å². The van der Waals surface area contributed by atoms with Gasteiger partial charge in [-0.25, -0.2) is 9.48 Å². The quantitative estimate of drug-likeness (QED) is 0.813. The van der Waals surface area contributed by atoms with E-state index in [2.05, 4.69) is 10.3 Å². The summed E-state index contributed by atoms with van der Waals surface area (Å²) in [5.74, 6) is -0.360. The maximum atomic E-state index is 12.2. The van der Waals surface area contributed by atoms with Gasteiger partial charge in [0.2, 0.25) is 0 Å². The van der Waals surface area contributed by atoms with Gasteiger partial charge in [-0.15, -0.1) is 5.10 Å². The molecule has 1 fully saturated rings. The number of hydrogen-bond acceptors (Lipinski definition) is 4. The SMILES string of the molecule is Cc1c(C(=O)OC2CCCCC2)nnn1-c1ccccc1. The van der Waals surface area contributed by atoms with E-state index in [1.165, 1.54) is 6.42 Å². The van der Waals surface area contributed by atoms with Gasteiger partial charge >= 0.3 is 5.97 Å². The van der Waals surface area contributed by atoms with Crippen LogP contribution in [0.3, 0.4) is 0 Å². The Morgan fingerprint density at radius 1 is 1.19 bits per heavy atom. The molecule has 1 heterocycles. The molecule has 1 aliphatic carbocycles. The van der Waals surface area contributed by atoms with Gasteiger partial charge in [0.25, 0.3) is 0 Å². The topological polar surface area (TPSA) is 57.0 Å². The molecule has 0 spiro atoms. The third-order valence-electron chi connectivity index (χ3n) is 3.91. The normalized spacial score (nSPS) is 15.9. The molecule has 5 nitrogen and oxygen atoms in total. The maximum absolute atomic E-state index is 12.2. The van der Waals surface area contributed by atoms with Crippen LogP contribution >= 0.6 is 0 Å². The van der Waals surface area contributed by atoms with Crippen molar-refractivity contribution in [3.8, 4) is 5.69 Å². The molecule has 110 valence electrons. The second kappa shape index (κ2) is 6.08. The first-order chi connectivity index (χ1) is 10.3. The number of nitrogens with zero attached hydrogens (tertiary/aromatic N) is 3. The molecule has 21 heavy (non-hydrogen) atoms. The Bertz CT molecular complexity index is 616. The van der Waals surface area contributed by atoms with Crippen LogP contribution in [0, 0.1) is 6.92 Å². The minimum atomic E-state index is -0.360. The Morgan fingerprint density at radius 3 is 2.62 bits per heavy atom. The van der Waals surface area contributed by atoms with Crippen molar-refractivity contribution < 1.29 is 9.53 Å². The Balaban J connectivity index is 1.77. The molecule has 0 radical (unpaired) electrons. The molecule has 0 amide bonds. The average Bonchev–Trinajstić information content (AvgIpc) is 2.91. The standard InChI is InChI=1S/C16H19N3O2/c1-12-15(16(20)21-14-10-6-3-7-11-14)17-18-19(12)13-8-4-2-5-9-13/h2,4-5,8-9,14H,3,6-7,10-11H2,1H3. The van der Waals surface area contributed by atoms with Gasteiger partial charge in [0.15, 0.2) is 5.69 Å². The first kappa shape index (κ1) is 13.8. The zero-order valence-electron chi connectivity index (χ0n) is 12.2. The Labute approximate surface area is 123 Å². The van der Waals surface area contributed by atoms with E-state index in [1.54, 1.807) is 4.68 Å². The molecule has 1 aromatic carbocycles. The van der Waals surface area contributed by atoms with Crippen LogP contribution in [0.5, 0.6) is 0 Å². The molecule has 3 rings (SSSR count). The van der Waals surface area contributed by atoms with Gasteiger partial charge in [0, 0.05) is 0 Å². The highest BCUT2D eigenvalue weighted by Crippen LogP contribution is 2.22. The monoisotopic (exact) mass is 285 g/mol. The maximum Gasteiger partial charge on any atom is 0.361 e. The number of rotatable bonds is 3. The number of ether oxygens (including phenoxy) is 1. The fourth-order valence-electron chi connectivity index (χ4n) is 2.72. The summed E-state index contributed by atoms with van der Waals surface area (Å²) < 4.78 is 7.22. The summed E-state index contributed by atoms with van der Waals surface area (Å²) in [6.07, 6.45) is 5.45. The van der Waals surface area contributed by atoms with Gasteiger partial charge in [-0.2, -0.15) is 0 Å².